The lowest BCUT2D eigenvalue weighted by atomic mass is 9.78. The Labute approximate surface area is 191 Å². The highest BCUT2D eigenvalue weighted by Crippen LogP contribution is 2.37. The number of rotatable bonds is 5. The van der Waals surface area contributed by atoms with Crippen LogP contribution in [-0.4, -0.2) is 42.3 Å². The van der Waals surface area contributed by atoms with Crippen molar-refractivity contribution in [1.82, 2.24) is 15.2 Å². The number of hydrogen-bond acceptors (Lipinski definition) is 6. The van der Waals surface area contributed by atoms with Crippen molar-refractivity contribution in [2.24, 2.45) is 7.05 Å². The van der Waals surface area contributed by atoms with Crippen LogP contribution < -0.4 is 16.4 Å². The quantitative estimate of drug-likeness (QED) is 0.619. The van der Waals surface area contributed by atoms with Crippen molar-refractivity contribution >= 4 is 17.0 Å². The number of oxazole rings is 1. The molecule has 1 fully saturated rings. The Morgan fingerprint density at radius 1 is 1.30 bits per heavy atom. The summed E-state index contributed by atoms with van der Waals surface area (Å²) >= 11 is 0. The van der Waals surface area contributed by atoms with Crippen LogP contribution in [0.3, 0.4) is 0 Å². The fraction of sp³-hybridized carbons (Fsp3) is 0.400. The van der Waals surface area contributed by atoms with Crippen molar-refractivity contribution in [2.45, 2.75) is 37.8 Å². The molecule has 8 nitrogen and oxygen atoms in total. The molecule has 2 atom stereocenters. The number of carbonyl (C=O) groups excluding carboxylic acids is 1. The molecule has 1 amide bonds. The summed E-state index contributed by atoms with van der Waals surface area (Å²) < 4.78 is 12.4. The predicted molar refractivity (Wildman–Crippen MR) is 123 cm³/mol. The lowest BCUT2D eigenvalue weighted by molar-refractivity contribution is -0.132. The van der Waals surface area contributed by atoms with Crippen molar-refractivity contribution in [2.75, 3.05) is 19.7 Å². The van der Waals surface area contributed by atoms with Gasteiger partial charge in [-0.3, -0.25) is 9.36 Å². The Balaban J connectivity index is 1.36. The molecule has 1 aromatic heterocycles. The summed E-state index contributed by atoms with van der Waals surface area (Å²) in [7, 11) is 1.70. The van der Waals surface area contributed by atoms with Crippen molar-refractivity contribution in [3.63, 3.8) is 0 Å². The van der Waals surface area contributed by atoms with Crippen molar-refractivity contribution in [3.8, 4) is 17.2 Å². The lowest BCUT2D eigenvalue weighted by Gasteiger charge is -2.27. The van der Waals surface area contributed by atoms with E-state index in [9.17, 15) is 14.9 Å². The fourth-order valence-electron chi connectivity index (χ4n) is 4.66. The van der Waals surface area contributed by atoms with Crippen molar-refractivity contribution in [3.05, 3.63) is 57.6 Å². The normalized spacial score (nSPS) is 18.6. The third kappa shape index (κ3) is 4.06. The number of nitrogens with one attached hydrogen (secondary N) is 2. The number of amides is 1. The molecule has 33 heavy (non-hydrogen) atoms. The number of aromatic nitrogens is 1. The molecule has 2 aliphatic rings. The maximum absolute atomic E-state index is 12.6. The second kappa shape index (κ2) is 8.85. The summed E-state index contributed by atoms with van der Waals surface area (Å²) in [6, 6.07) is 11.5. The molecule has 1 aliphatic carbocycles. The predicted octanol–water partition coefficient (Wildman–Crippen LogP) is 1.83. The third-order valence-corrected chi connectivity index (χ3v) is 6.59. The molecular weight excluding hydrogens is 420 g/mol. The summed E-state index contributed by atoms with van der Waals surface area (Å²) in [5, 5.41) is 15.7. The van der Waals surface area contributed by atoms with Crippen LogP contribution in [0.4, 0.5) is 0 Å². The number of benzene rings is 2. The molecule has 0 radical (unpaired) electrons. The van der Waals surface area contributed by atoms with Crippen LogP contribution in [0.15, 0.2) is 39.5 Å². The molecule has 0 bridgehead atoms. The van der Waals surface area contributed by atoms with Crippen molar-refractivity contribution in [1.29, 1.82) is 5.26 Å². The summed E-state index contributed by atoms with van der Waals surface area (Å²) in [6.07, 6.45) is 2.68. The zero-order chi connectivity index (χ0) is 22.9. The van der Waals surface area contributed by atoms with Crippen LogP contribution in [0.25, 0.3) is 22.2 Å². The first-order valence-electron chi connectivity index (χ1n) is 11.3. The van der Waals surface area contributed by atoms with E-state index >= 15 is 0 Å². The van der Waals surface area contributed by atoms with Gasteiger partial charge in [0.1, 0.15) is 12.1 Å². The van der Waals surface area contributed by atoms with Crippen molar-refractivity contribution < 1.29 is 13.9 Å². The lowest BCUT2D eigenvalue weighted by Crippen LogP contribution is -2.46. The average Bonchev–Trinajstić information content (AvgIpc) is 2.97. The highest BCUT2D eigenvalue weighted by atomic mass is 16.5. The molecule has 0 saturated carbocycles. The van der Waals surface area contributed by atoms with Crippen LogP contribution in [-0.2, 0) is 35.8 Å². The average molecular weight is 447 g/mol. The maximum Gasteiger partial charge on any atom is 0.419 e. The monoisotopic (exact) mass is 446 g/mol. The fourth-order valence-corrected chi connectivity index (χ4v) is 4.66. The van der Waals surface area contributed by atoms with Crippen LogP contribution in [0.1, 0.15) is 23.1 Å². The number of nitrogens with zero attached hydrogens (tertiary/aromatic N) is 2. The third-order valence-electron chi connectivity index (χ3n) is 6.59. The summed E-state index contributed by atoms with van der Waals surface area (Å²) in [5.74, 6) is -0.620. The van der Waals surface area contributed by atoms with Crippen LogP contribution >= 0.6 is 0 Å². The molecule has 170 valence electrons. The number of nitriles is 1. The number of aryl methyl sites for hydroxylation is 1. The SMILES string of the molecule is Cn1c(=O)oc2ccc(-c3ccc(C[C@@H](C#N)NC(=O)[C@@H]4CNCCCO4)c4c3CC4)cc21. The minimum atomic E-state index is -0.614. The van der Waals surface area contributed by atoms with Crippen LogP contribution in [0.5, 0.6) is 0 Å². The van der Waals surface area contributed by atoms with Crippen LogP contribution in [0, 0.1) is 11.3 Å². The number of hydrogen-bond donors (Lipinski definition) is 2. The van der Waals surface area contributed by atoms with Gasteiger partial charge in [0.25, 0.3) is 5.91 Å². The topological polar surface area (TPSA) is 109 Å². The Morgan fingerprint density at radius 2 is 2.15 bits per heavy atom. The van der Waals surface area contributed by atoms with Gasteiger partial charge in [0.05, 0.1) is 11.6 Å². The second-order valence-corrected chi connectivity index (χ2v) is 8.65. The summed E-state index contributed by atoms with van der Waals surface area (Å²) in [5.41, 5.74) is 7.09. The minimum absolute atomic E-state index is 0.245. The molecule has 2 heterocycles. The van der Waals surface area contributed by atoms with E-state index in [-0.39, 0.29) is 11.7 Å². The zero-order valence-corrected chi connectivity index (χ0v) is 18.5. The highest BCUT2D eigenvalue weighted by molar-refractivity contribution is 5.83. The standard InChI is InChI=1S/C25H26N4O4/c1-29-21-12-16(4-8-22(21)33-25(29)31)18-5-3-15(19-6-7-20(18)19)11-17(13-26)28-24(30)23-14-27-9-2-10-32-23/h3-5,8,12,17,23,27H,2,6-7,9-11,14H2,1H3,(H,28,30)/t17-,23-/m0/s1. The Morgan fingerprint density at radius 3 is 2.94 bits per heavy atom. The van der Waals surface area contributed by atoms with Gasteiger partial charge in [-0.25, -0.2) is 4.79 Å². The van der Waals surface area contributed by atoms with E-state index in [1.54, 1.807) is 7.05 Å². The Bertz CT molecular complexity index is 1310. The molecule has 2 aromatic carbocycles. The van der Waals surface area contributed by atoms with E-state index < -0.39 is 12.1 Å². The van der Waals surface area contributed by atoms with E-state index in [0.29, 0.717) is 25.2 Å². The highest BCUT2D eigenvalue weighted by Gasteiger charge is 2.26. The first-order chi connectivity index (χ1) is 16.0. The van der Waals surface area contributed by atoms with E-state index in [1.807, 2.05) is 24.3 Å². The van der Waals surface area contributed by atoms with Gasteiger partial charge in [0.15, 0.2) is 5.58 Å². The molecule has 1 aliphatic heterocycles. The first kappa shape index (κ1) is 21.4. The molecule has 0 unspecified atom stereocenters. The number of fused-ring (bicyclic) bond motifs is 2. The van der Waals surface area contributed by atoms with Gasteiger partial charge in [-0.2, -0.15) is 5.26 Å². The van der Waals surface area contributed by atoms with Gasteiger partial charge in [0, 0.05) is 26.6 Å². The molecule has 3 aromatic rings. The Kier molecular flexibility index (Phi) is 5.75. The second-order valence-electron chi connectivity index (χ2n) is 8.65. The van der Waals surface area contributed by atoms with Gasteiger partial charge in [-0.15, -0.1) is 0 Å². The first-order valence-corrected chi connectivity index (χ1v) is 11.3. The summed E-state index contributed by atoms with van der Waals surface area (Å²) in [6.45, 7) is 1.82. The molecule has 0 spiro atoms. The molecule has 8 heteroatoms. The van der Waals surface area contributed by atoms with E-state index in [4.69, 9.17) is 9.15 Å². The van der Waals surface area contributed by atoms with Crippen LogP contribution in [0.2, 0.25) is 0 Å². The largest absolute Gasteiger partial charge is 0.419 e. The molecular formula is C25H26N4O4. The van der Waals surface area contributed by atoms with Gasteiger partial charge in [-0.1, -0.05) is 18.2 Å². The van der Waals surface area contributed by atoms with Gasteiger partial charge in [0.2, 0.25) is 0 Å². The number of ether oxygens (including phenoxy) is 1. The maximum atomic E-state index is 12.6. The Hall–Kier alpha value is -3.41. The van der Waals surface area contributed by atoms with E-state index in [0.717, 1.165) is 48.0 Å². The van der Waals surface area contributed by atoms with E-state index in [2.05, 4.69) is 22.8 Å². The smallest absolute Gasteiger partial charge is 0.408 e. The molecule has 1 saturated heterocycles. The van der Waals surface area contributed by atoms with Gasteiger partial charge >= 0.3 is 5.76 Å². The van der Waals surface area contributed by atoms with Gasteiger partial charge in [-0.05, 0) is 65.8 Å². The minimum Gasteiger partial charge on any atom is -0.408 e. The summed E-state index contributed by atoms with van der Waals surface area (Å²) in [4.78, 5) is 24.4. The zero-order valence-electron chi connectivity index (χ0n) is 18.5. The molecule has 5 rings (SSSR count). The molecule has 2 N–H and O–H groups in total. The number of carbonyl (C=O) groups is 1. The van der Waals surface area contributed by atoms with Gasteiger partial charge < -0.3 is 19.8 Å². The van der Waals surface area contributed by atoms with E-state index in [1.165, 1.54) is 15.7 Å².